The second-order valence-corrected chi connectivity index (χ2v) is 13.3. The summed E-state index contributed by atoms with van der Waals surface area (Å²) in [5, 5.41) is 6.30. The number of carbonyl (C=O) groups excluding carboxylic acids is 3. The highest BCUT2D eigenvalue weighted by Gasteiger charge is 2.72. The molecule has 5 atom stereocenters. The Morgan fingerprint density at radius 1 is 0.844 bits per heavy atom. The van der Waals surface area contributed by atoms with Crippen LogP contribution in [0.2, 0.25) is 0 Å². The van der Waals surface area contributed by atoms with Crippen molar-refractivity contribution in [3.8, 4) is 11.5 Å². The van der Waals surface area contributed by atoms with Crippen LogP contribution in [0.5, 0.6) is 11.5 Å². The van der Waals surface area contributed by atoms with E-state index in [1.54, 1.807) is 29.2 Å². The first-order valence-corrected chi connectivity index (χ1v) is 16.9. The van der Waals surface area contributed by atoms with Crippen LogP contribution in [0.25, 0.3) is 0 Å². The van der Waals surface area contributed by atoms with E-state index in [0.29, 0.717) is 24.5 Å². The molecule has 5 unspecified atom stereocenters. The van der Waals surface area contributed by atoms with E-state index < -0.39 is 29.6 Å². The van der Waals surface area contributed by atoms with Crippen LogP contribution in [0.3, 0.4) is 0 Å². The first-order valence-electron chi connectivity index (χ1n) is 16.9. The number of amides is 3. The third-order valence-corrected chi connectivity index (χ3v) is 10.3. The average Bonchev–Trinajstić information content (AvgIpc) is 3.60. The zero-order valence-electron chi connectivity index (χ0n) is 25.9. The van der Waals surface area contributed by atoms with Gasteiger partial charge in [0.25, 0.3) is 0 Å². The molecule has 2 N–H and O–H groups in total. The third kappa shape index (κ3) is 6.00. The quantitative estimate of drug-likeness (QED) is 0.391. The minimum atomic E-state index is -1.14. The molecule has 3 amide bonds. The van der Waals surface area contributed by atoms with E-state index in [2.05, 4.69) is 15.5 Å². The fraction of sp³-hybridized carbons (Fsp3) is 0.528. The van der Waals surface area contributed by atoms with Gasteiger partial charge < -0.3 is 29.9 Å². The number of rotatable bonds is 9. The summed E-state index contributed by atoms with van der Waals surface area (Å²) in [7, 11) is 0. The SMILES string of the molecule is O=C(Nc1ccc(Oc2ccccc2)cc1)C1C2C=CC3(O2)C1C(=O)N(CCN1CCCCCC1)C3C(=O)NC1CCCCC1. The highest BCUT2D eigenvalue weighted by molar-refractivity contribution is 6.02. The zero-order chi connectivity index (χ0) is 30.8. The molecule has 9 heteroatoms. The van der Waals surface area contributed by atoms with Gasteiger partial charge in [-0.2, -0.15) is 0 Å². The molecule has 2 aromatic rings. The first-order chi connectivity index (χ1) is 22.0. The van der Waals surface area contributed by atoms with E-state index in [1.807, 2.05) is 42.5 Å². The van der Waals surface area contributed by atoms with Gasteiger partial charge in [-0.15, -0.1) is 0 Å². The van der Waals surface area contributed by atoms with Crippen molar-refractivity contribution in [3.63, 3.8) is 0 Å². The van der Waals surface area contributed by atoms with Crippen LogP contribution in [-0.4, -0.2) is 77.5 Å². The molecule has 238 valence electrons. The molecule has 5 aliphatic rings. The summed E-state index contributed by atoms with van der Waals surface area (Å²) in [6.45, 7) is 3.17. The Kier molecular flexibility index (Phi) is 8.64. The highest BCUT2D eigenvalue weighted by Crippen LogP contribution is 2.55. The number of ether oxygens (including phenoxy) is 2. The number of para-hydroxylation sites is 1. The van der Waals surface area contributed by atoms with Crippen molar-refractivity contribution in [3.05, 3.63) is 66.7 Å². The Bertz CT molecular complexity index is 1400. The summed E-state index contributed by atoms with van der Waals surface area (Å²) < 4.78 is 12.4. The number of hydrogen-bond acceptors (Lipinski definition) is 6. The molecule has 4 aliphatic heterocycles. The Balaban J connectivity index is 1.09. The van der Waals surface area contributed by atoms with Crippen molar-refractivity contribution >= 4 is 23.4 Å². The summed E-state index contributed by atoms with van der Waals surface area (Å²) in [5.41, 5.74) is -0.537. The second-order valence-electron chi connectivity index (χ2n) is 13.3. The molecule has 1 saturated carbocycles. The normalized spacial score (nSPS) is 29.8. The first kappa shape index (κ1) is 30.0. The van der Waals surface area contributed by atoms with Gasteiger partial charge in [0.05, 0.1) is 17.9 Å². The molecule has 45 heavy (non-hydrogen) atoms. The molecule has 3 saturated heterocycles. The van der Waals surface area contributed by atoms with E-state index in [4.69, 9.17) is 9.47 Å². The van der Waals surface area contributed by atoms with E-state index in [-0.39, 0.29) is 23.8 Å². The second kappa shape index (κ2) is 13.0. The van der Waals surface area contributed by atoms with E-state index in [9.17, 15) is 14.4 Å². The largest absolute Gasteiger partial charge is 0.457 e. The maximum atomic E-state index is 14.3. The standard InChI is InChI=1S/C36H44N4O5/c41-33(37-26-15-17-28(18-16-26)44-27-13-7-4-8-14-27)30-29-19-20-36(45-29)31(30)35(43)40(24-23-39-21-9-1-2-10-22-39)32(36)34(42)38-25-11-5-3-6-12-25/h4,7-8,13-20,25,29-32H,1-3,5-6,9-12,21-24H2,(H,37,41)(H,38,42). The number of carbonyl (C=O) groups is 3. The number of nitrogens with zero attached hydrogens (tertiary/aromatic N) is 2. The maximum absolute atomic E-state index is 14.3. The van der Waals surface area contributed by atoms with E-state index in [1.165, 1.54) is 19.3 Å². The van der Waals surface area contributed by atoms with Gasteiger partial charge in [0, 0.05) is 24.8 Å². The minimum absolute atomic E-state index is 0.111. The van der Waals surface area contributed by atoms with E-state index >= 15 is 0 Å². The van der Waals surface area contributed by atoms with Crippen molar-refractivity contribution in [1.29, 1.82) is 0 Å². The fourth-order valence-electron chi connectivity index (χ4n) is 8.10. The number of anilines is 1. The van der Waals surface area contributed by atoms with Gasteiger partial charge in [-0.1, -0.05) is 62.5 Å². The van der Waals surface area contributed by atoms with Gasteiger partial charge in [-0.25, -0.2) is 0 Å². The van der Waals surface area contributed by atoms with Gasteiger partial charge in [0.2, 0.25) is 17.7 Å². The summed E-state index contributed by atoms with van der Waals surface area (Å²) in [5.74, 6) is -0.687. The highest BCUT2D eigenvalue weighted by atomic mass is 16.5. The maximum Gasteiger partial charge on any atom is 0.246 e. The van der Waals surface area contributed by atoms with Gasteiger partial charge in [0.1, 0.15) is 23.1 Å². The van der Waals surface area contributed by atoms with Crippen molar-refractivity contribution < 1.29 is 23.9 Å². The summed E-state index contributed by atoms with van der Waals surface area (Å²) in [6, 6.07) is 16.0. The smallest absolute Gasteiger partial charge is 0.246 e. The number of likely N-dealkylation sites (tertiary alicyclic amines) is 2. The number of fused-ring (bicyclic) bond motifs is 1. The zero-order valence-corrected chi connectivity index (χ0v) is 25.9. The lowest BCUT2D eigenvalue weighted by atomic mass is 9.74. The Labute approximate surface area is 265 Å². The predicted octanol–water partition coefficient (Wildman–Crippen LogP) is 4.89. The van der Waals surface area contributed by atoms with Crippen LogP contribution in [0.1, 0.15) is 57.8 Å². The Morgan fingerprint density at radius 2 is 1.53 bits per heavy atom. The fourth-order valence-corrected chi connectivity index (χ4v) is 8.10. The summed E-state index contributed by atoms with van der Waals surface area (Å²) in [4.78, 5) is 46.4. The molecule has 7 rings (SSSR count). The monoisotopic (exact) mass is 612 g/mol. The lowest BCUT2D eigenvalue weighted by Crippen LogP contribution is -2.57. The number of nitrogens with one attached hydrogen (secondary N) is 2. The third-order valence-electron chi connectivity index (χ3n) is 10.3. The average molecular weight is 613 g/mol. The molecular formula is C36H44N4O5. The van der Waals surface area contributed by atoms with Crippen LogP contribution < -0.4 is 15.4 Å². The van der Waals surface area contributed by atoms with Crippen LogP contribution in [0, 0.1) is 11.8 Å². The predicted molar refractivity (Wildman–Crippen MR) is 171 cm³/mol. The Hall–Kier alpha value is -3.69. The lowest BCUT2D eigenvalue weighted by Gasteiger charge is -2.35. The molecule has 2 bridgehead atoms. The molecule has 1 aliphatic carbocycles. The Morgan fingerprint density at radius 3 is 2.27 bits per heavy atom. The van der Waals surface area contributed by atoms with Gasteiger partial charge in [-0.05, 0) is 75.2 Å². The van der Waals surface area contributed by atoms with Crippen molar-refractivity contribution in [1.82, 2.24) is 15.1 Å². The van der Waals surface area contributed by atoms with Crippen LogP contribution in [0.15, 0.2) is 66.7 Å². The van der Waals surface area contributed by atoms with Gasteiger partial charge >= 0.3 is 0 Å². The summed E-state index contributed by atoms with van der Waals surface area (Å²) in [6.07, 6.45) is 13.3. The molecule has 0 radical (unpaired) electrons. The number of hydrogen-bond donors (Lipinski definition) is 2. The molecule has 9 nitrogen and oxygen atoms in total. The van der Waals surface area contributed by atoms with Gasteiger partial charge in [0.15, 0.2) is 0 Å². The van der Waals surface area contributed by atoms with E-state index in [0.717, 1.165) is 57.4 Å². The molecule has 4 heterocycles. The lowest BCUT2D eigenvalue weighted by molar-refractivity contribution is -0.141. The molecular weight excluding hydrogens is 568 g/mol. The van der Waals surface area contributed by atoms with Crippen LogP contribution in [0.4, 0.5) is 5.69 Å². The van der Waals surface area contributed by atoms with Crippen LogP contribution >= 0.6 is 0 Å². The molecule has 0 aromatic heterocycles. The number of benzene rings is 2. The molecule has 1 spiro atoms. The van der Waals surface area contributed by atoms with Crippen molar-refractivity contribution in [2.75, 3.05) is 31.5 Å². The summed E-state index contributed by atoms with van der Waals surface area (Å²) >= 11 is 0. The topological polar surface area (TPSA) is 100 Å². The van der Waals surface area contributed by atoms with Crippen molar-refractivity contribution in [2.24, 2.45) is 11.8 Å². The van der Waals surface area contributed by atoms with Crippen molar-refractivity contribution in [2.45, 2.75) is 81.6 Å². The van der Waals surface area contributed by atoms with Gasteiger partial charge in [-0.3, -0.25) is 14.4 Å². The molecule has 4 fully saturated rings. The minimum Gasteiger partial charge on any atom is -0.457 e. The molecule has 2 aromatic carbocycles. The van der Waals surface area contributed by atoms with Crippen LogP contribution in [-0.2, 0) is 19.1 Å².